The van der Waals surface area contributed by atoms with Crippen LogP contribution in [0.1, 0.15) is 96.8 Å². The van der Waals surface area contributed by atoms with E-state index in [9.17, 15) is 9.90 Å². The van der Waals surface area contributed by atoms with Gasteiger partial charge in [-0.15, -0.1) is 0 Å². The average Bonchev–Trinajstić information content (AvgIpc) is 2.72. The lowest BCUT2D eigenvalue weighted by atomic mass is 10.1. The van der Waals surface area contributed by atoms with Gasteiger partial charge in [0.1, 0.15) is 0 Å². The van der Waals surface area contributed by atoms with Gasteiger partial charge in [0.2, 0.25) is 5.91 Å². The summed E-state index contributed by atoms with van der Waals surface area (Å²) < 4.78 is 0. The van der Waals surface area contributed by atoms with Crippen molar-refractivity contribution < 1.29 is 9.90 Å². The van der Waals surface area contributed by atoms with Crippen molar-refractivity contribution >= 4 is 5.91 Å². The highest BCUT2D eigenvalue weighted by molar-refractivity contribution is 5.76. The zero-order valence-electron chi connectivity index (χ0n) is 20.3. The average molecular weight is 423 g/mol. The van der Waals surface area contributed by atoms with Gasteiger partial charge in [0.15, 0.2) is 0 Å². The summed E-state index contributed by atoms with van der Waals surface area (Å²) in [7, 11) is 4.14. The smallest absolute Gasteiger partial charge is 0.222 e. The minimum absolute atomic E-state index is 0.0531. The standard InChI is InChI=1S/C26H50N2O2/c1-4-5-6-7-8-9-10-11-12-13-14-15-16-17-18-21-26(30)28(24-25-29)23-20-19-22-27(2)3/h10-11,13-14,29H,4-9,12,15-25H2,1-3H3/b11-10-,14-13-. The minimum atomic E-state index is 0.0531. The Morgan fingerprint density at radius 2 is 1.33 bits per heavy atom. The summed E-state index contributed by atoms with van der Waals surface area (Å²) >= 11 is 0. The van der Waals surface area contributed by atoms with Gasteiger partial charge in [-0.3, -0.25) is 4.79 Å². The SMILES string of the molecule is CCCCCCC/C=C\C/C=C\CCCCCC(=O)N(CCO)CCCCN(C)C. The molecular weight excluding hydrogens is 372 g/mol. The van der Waals surface area contributed by atoms with E-state index in [2.05, 4.69) is 50.2 Å². The Labute approximate surface area is 187 Å². The number of aliphatic hydroxyl groups is 1. The van der Waals surface area contributed by atoms with Crippen LogP contribution in [0.2, 0.25) is 0 Å². The number of allylic oxidation sites excluding steroid dienone is 4. The van der Waals surface area contributed by atoms with Crippen LogP contribution < -0.4 is 0 Å². The third-order valence-corrected chi connectivity index (χ3v) is 5.35. The first-order valence-electron chi connectivity index (χ1n) is 12.4. The van der Waals surface area contributed by atoms with Crippen LogP contribution in [0, 0.1) is 0 Å². The largest absolute Gasteiger partial charge is 0.395 e. The minimum Gasteiger partial charge on any atom is -0.395 e. The number of unbranched alkanes of at least 4 members (excludes halogenated alkanes) is 9. The van der Waals surface area contributed by atoms with Gasteiger partial charge in [0, 0.05) is 19.5 Å². The van der Waals surface area contributed by atoms with Crippen molar-refractivity contribution in [3.8, 4) is 0 Å². The number of nitrogens with zero attached hydrogens (tertiary/aromatic N) is 2. The summed E-state index contributed by atoms with van der Waals surface area (Å²) in [6, 6.07) is 0. The summed E-state index contributed by atoms with van der Waals surface area (Å²) in [6.45, 7) is 4.59. The van der Waals surface area contributed by atoms with Crippen LogP contribution in [-0.4, -0.2) is 61.2 Å². The number of carbonyl (C=O) groups excluding carboxylic acids is 1. The summed E-state index contributed by atoms with van der Waals surface area (Å²) in [5, 5.41) is 9.22. The molecule has 0 radical (unpaired) electrons. The molecule has 0 bridgehead atoms. The molecule has 0 aromatic rings. The topological polar surface area (TPSA) is 43.8 Å². The van der Waals surface area contributed by atoms with Crippen molar-refractivity contribution in [1.82, 2.24) is 9.80 Å². The van der Waals surface area contributed by atoms with Crippen molar-refractivity contribution in [1.29, 1.82) is 0 Å². The Morgan fingerprint density at radius 1 is 0.733 bits per heavy atom. The fraction of sp³-hybridized carbons (Fsp3) is 0.808. The highest BCUT2D eigenvalue weighted by Gasteiger charge is 2.12. The molecule has 0 aliphatic carbocycles. The van der Waals surface area contributed by atoms with Gasteiger partial charge in [0.25, 0.3) is 0 Å². The predicted octanol–water partition coefficient (Wildman–Crippen LogP) is 5.96. The monoisotopic (exact) mass is 422 g/mol. The molecule has 4 nitrogen and oxygen atoms in total. The molecular formula is C26H50N2O2. The number of hydrogen-bond acceptors (Lipinski definition) is 3. The molecule has 0 aliphatic heterocycles. The van der Waals surface area contributed by atoms with E-state index < -0.39 is 0 Å². The fourth-order valence-electron chi connectivity index (χ4n) is 3.46. The lowest BCUT2D eigenvalue weighted by Crippen LogP contribution is -2.34. The lowest BCUT2D eigenvalue weighted by Gasteiger charge is -2.22. The molecule has 1 amide bonds. The van der Waals surface area contributed by atoms with Gasteiger partial charge in [-0.25, -0.2) is 0 Å². The molecule has 0 rings (SSSR count). The molecule has 0 heterocycles. The van der Waals surface area contributed by atoms with Crippen molar-refractivity contribution in [2.24, 2.45) is 0 Å². The Bertz CT molecular complexity index is 433. The maximum atomic E-state index is 12.4. The molecule has 1 N–H and O–H groups in total. The second-order valence-electron chi connectivity index (χ2n) is 8.60. The Balaban J connectivity index is 3.67. The molecule has 0 aromatic heterocycles. The fourth-order valence-corrected chi connectivity index (χ4v) is 3.46. The second-order valence-corrected chi connectivity index (χ2v) is 8.60. The highest BCUT2D eigenvalue weighted by atomic mass is 16.3. The maximum absolute atomic E-state index is 12.4. The Hall–Kier alpha value is -1.13. The second kappa shape index (κ2) is 22.6. The van der Waals surface area contributed by atoms with Crippen LogP contribution >= 0.6 is 0 Å². The quantitative estimate of drug-likeness (QED) is 0.183. The Morgan fingerprint density at radius 3 is 1.93 bits per heavy atom. The maximum Gasteiger partial charge on any atom is 0.222 e. The summed E-state index contributed by atoms with van der Waals surface area (Å²) in [5.74, 6) is 0.198. The lowest BCUT2D eigenvalue weighted by molar-refractivity contribution is -0.131. The van der Waals surface area contributed by atoms with E-state index in [0.717, 1.165) is 58.0 Å². The van der Waals surface area contributed by atoms with Crippen LogP contribution in [0.3, 0.4) is 0 Å². The molecule has 0 aromatic carbocycles. The molecule has 0 aliphatic rings. The van der Waals surface area contributed by atoms with E-state index in [1.54, 1.807) is 0 Å². The summed E-state index contributed by atoms with van der Waals surface area (Å²) in [4.78, 5) is 16.4. The first-order valence-corrected chi connectivity index (χ1v) is 12.4. The molecule has 0 spiro atoms. The van der Waals surface area contributed by atoms with E-state index in [1.165, 1.54) is 38.5 Å². The van der Waals surface area contributed by atoms with Crippen molar-refractivity contribution in [3.05, 3.63) is 24.3 Å². The molecule has 0 saturated heterocycles. The van der Waals surface area contributed by atoms with E-state index >= 15 is 0 Å². The normalized spacial score (nSPS) is 11.9. The van der Waals surface area contributed by atoms with E-state index in [1.807, 2.05) is 4.90 Å². The predicted molar refractivity (Wildman–Crippen MR) is 131 cm³/mol. The molecule has 4 heteroatoms. The van der Waals surface area contributed by atoms with E-state index in [-0.39, 0.29) is 12.5 Å². The number of carbonyl (C=O) groups is 1. The van der Waals surface area contributed by atoms with Gasteiger partial charge in [-0.05, 0) is 72.0 Å². The van der Waals surface area contributed by atoms with Crippen LogP contribution in [0.5, 0.6) is 0 Å². The molecule has 0 atom stereocenters. The van der Waals surface area contributed by atoms with Gasteiger partial charge in [-0.2, -0.15) is 0 Å². The van der Waals surface area contributed by atoms with E-state index in [0.29, 0.717) is 13.0 Å². The third-order valence-electron chi connectivity index (χ3n) is 5.35. The molecule has 30 heavy (non-hydrogen) atoms. The van der Waals surface area contributed by atoms with Crippen LogP contribution in [0.15, 0.2) is 24.3 Å². The number of aliphatic hydroxyl groups excluding tert-OH is 1. The molecule has 0 saturated carbocycles. The first-order chi connectivity index (χ1) is 14.6. The third kappa shape index (κ3) is 20.2. The van der Waals surface area contributed by atoms with E-state index in [4.69, 9.17) is 0 Å². The van der Waals surface area contributed by atoms with Crippen molar-refractivity contribution in [3.63, 3.8) is 0 Å². The van der Waals surface area contributed by atoms with Gasteiger partial charge >= 0.3 is 0 Å². The zero-order valence-corrected chi connectivity index (χ0v) is 20.3. The summed E-state index contributed by atoms with van der Waals surface area (Å²) in [5.41, 5.74) is 0. The Kier molecular flexibility index (Phi) is 21.7. The highest BCUT2D eigenvalue weighted by Crippen LogP contribution is 2.08. The number of rotatable bonds is 21. The van der Waals surface area contributed by atoms with Crippen LogP contribution in [0.4, 0.5) is 0 Å². The van der Waals surface area contributed by atoms with Gasteiger partial charge in [0.05, 0.1) is 6.61 Å². The zero-order chi connectivity index (χ0) is 22.3. The number of hydrogen-bond donors (Lipinski definition) is 1. The van der Waals surface area contributed by atoms with Gasteiger partial charge in [-0.1, -0.05) is 63.3 Å². The molecule has 0 unspecified atom stereocenters. The van der Waals surface area contributed by atoms with Crippen LogP contribution in [-0.2, 0) is 4.79 Å². The van der Waals surface area contributed by atoms with Crippen molar-refractivity contribution in [2.75, 3.05) is 40.3 Å². The number of amides is 1. The van der Waals surface area contributed by atoms with Crippen LogP contribution in [0.25, 0.3) is 0 Å². The molecule has 0 fully saturated rings. The molecule has 176 valence electrons. The van der Waals surface area contributed by atoms with Gasteiger partial charge < -0.3 is 14.9 Å². The first kappa shape index (κ1) is 28.9. The summed E-state index contributed by atoms with van der Waals surface area (Å²) in [6.07, 6.45) is 25.1. The van der Waals surface area contributed by atoms with Crippen molar-refractivity contribution in [2.45, 2.75) is 96.8 Å².